The second-order valence-corrected chi connectivity index (χ2v) is 6.40. The van der Waals surface area contributed by atoms with Crippen LogP contribution in [0, 0.1) is 0 Å². The highest BCUT2D eigenvalue weighted by atomic mass is 32.2. The van der Waals surface area contributed by atoms with E-state index in [0.717, 1.165) is 30.3 Å². The number of thiophene rings is 1. The third-order valence-corrected chi connectivity index (χ3v) is 4.82. The van der Waals surface area contributed by atoms with E-state index in [1.807, 2.05) is 11.3 Å². The quantitative estimate of drug-likeness (QED) is 0.933. The van der Waals surface area contributed by atoms with Crippen LogP contribution in [0.25, 0.3) is 0 Å². The zero-order chi connectivity index (χ0) is 12.4. The SMILES string of the molecule is CCSCc1noc(C2NCCc3sccc32)n1. The summed E-state index contributed by atoms with van der Waals surface area (Å²) in [6.07, 6.45) is 1.09. The summed E-state index contributed by atoms with van der Waals surface area (Å²) in [7, 11) is 0. The van der Waals surface area contributed by atoms with Crippen molar-refractivity contribution in [2.24, 2.45) is 0 Å². The fourth-order valence-corrected chi connectivity index (χ4v) is 3.53. The first-order valence-corrected chi connectivity index (χ1v) is 8.11. The summed E-state index contributed by atoms with van der Waals surface area (Å²) in [4.78, 5) is 5.93. The van der Waals surface area contributed by atoms with E-state index in [4.69, 9.17) is 4.52 Å². The van der Waals surface area contributed by atoms with E-state index in [1.54, 1.807) is 11.8 Å². The third-order valence-electron chi connectivity index (χ3n) is 2.96. The van der Waals surface area contributed by atoms with Crippen LogP contribution in [0.1, 0.15) is 35.1 Å². The number of hydrogen-bond donors (Lipinski definition) is 1. The maximum absolute atomic E-state index is 5.40. The van der Waals surface area contributed by atoms with Gasteiger partial charge < -0.3 is 9.84 Å². The van der Waals surface area contributed by atoms with Crippen LogP contribution in [0.2, 0.25) is 0 Å². The van der Waals surface area contributed by atoms with Crippen molar-refractivity contribution in [1.82, 2.24) is 15.5 Å². The molecule has 96 valence electrons. The first-order valence-electron chi connectivity index (χ1n) is 6.08. The van der Waals surface area contributed by atoms with Gasteiger partial charge in [0.2, 0.25) is 5.89 Å². The van der Waals surface area contributed by atoms with Gasteiger partial charge in [0.05, 0.1) is 5.75 Å². The molecule has 0 amide bonds. The lowest BCUT2D eigenvalue weighted by Gasteiger charge is -2.20. The molecule has 0 radical (unpaired) electrons. The maximum Gasteiger partial charge on any atom is 0.248 e. The molecule has 0 spiro atoms. The standard InChI is InChI=1S/C12H15N3OS2/c1-2-17-7-10-14-12(16-15-10)11-8-4-6-18-9(8)3-5-13-11/h4,6,11,13H,2-3,5,7H2,1H3. The largest absolute Gasteiger partial charge is 0.337 e. The zero-order valence-electron chi connectivity index (χ0n) is 10.2. The van der Waals surface area contributed by atoms with Gasteiger partial charge in [-0.2, -0.15) is 16.7 Å². The number of aromatic nitrogens is 2. The molecule has 0 fully saturated rings. The molecule has 2 aromatic rings. The smallest absolute Gasteiger partial charge is 0.248 e. The Morgan fingerprint density at radius 2 is 2.56 bits per heavy atom. The van der Waals surface area contributed by atoms with Crippen LogP contribution >= 0.6 is 23.1 Å². The van der Waals surface area contributed by atoms with Gasteiger partial charge in [-0.3, -0.25) is 0 Å². The number of thioether (sulfide) groups is 1. The molecule has 0 aromatic carbocycles. The Kier molecular flexibility index (Phi) is 3.67. The van der Waals surface area contributed by atoms with E-state index < -0.39 is 0 Å². The molecule has 1 unspecified atom stereocenters. The van der Waals surface area contributed by atoms with Crippen molar-refractivity contribution in [2.75, 3.05) is 12.3 Å². The van der Waals surface area contributed by atoms with E-state index in [0.29, 0.717) is 5.89 Å². The summed E-state index contributed by atoms with van der Waals surface area (Å²) in [6.45, 7) is 3.10. The van der Waals surface area contributed by atoms with Gasteiger partial charge in [-0.05, 0) is 29.2 Å². The van der Waals surface area contributed by atoms with Crippen molar-refractivity contribution in [1.29, 1.82) is 0 Å². The van der Waals surface area contributed by atoms with E-state index in [1.165, 1.54) is 10.4 Å². The van der Waals surface area contributed by atoms with Crippen LogP contribution in [0.4, 0.5) is 0 Å². The van der Waals surface area contributed by atoms with Crippen molar-refractivity contribution in [2.45, 2.75) is 25.1 Å². The number of hydrogen-bond acceptors (Lipinski definition) is 6. The van der Waals surface area contributed by atoms with Crippen molar-refractivity contribution < 1.29 is 4.52 Å². The molecule has 1 aliphatic rings. The van der Waals surface area contributed by atoms with Crippen molar-refractivity contribution >= 4 is 23.1 Å². The Morgan fingerprint density at radius 1 is 1.61 bits per heavy atom. The average Bonchev–Trinajstić information content (AvgIpc) is 3.04. The molecule has 1 N–H and O–H groups in total. The van der Waals surface area contributed by atoms with Crippen LogP contribution in [0.5, 0.6) is 0 Å². The Bertz CT molecular complexity index is 523. The summed E-state index contributed by atoms with van der Waals surface area (Å²) in [5.74, 6) is 3.38. The highest BCUT2D eigenvalue weighted by Gasteiger charge is 2.26. The van der Waals surface area contributed by atoms with E-state index >= 15 is 0 Å². The molecule has 0 bridgehead atoms. The predicted octanol–water partition coefficient (Wildman–Crippen LogP) is 2.62. The molecule has 3 heterocycles. The monoisotopic (exact) mass is 281 g/mol. The normalized spacial score (nSPS) is 18.8. The Hall–Kier alpha value is -0.850. The summed E-state index contributed by atoms with van der Waals surface area (Å²) >= 11 is 3.62. The fourth-order valence-electron chi connectivity index (χ4n) is 2.11. The lowest BCUT2D eigenvalue weighted by Crippen LogP contribution is -2.29. The van der Waals surface area contributed by atoms with Crippen LogP contribution in [0.3, 0.4) is 0 Å². The summed E-state index contributed by atoms with van der Waals surface area (Å²) < 4.78 is 5.40. The number of nitrogens with one attached hydrogen (secondary N) is 1. The molecule has 0 aliphatic carbocycles. The molecule has 4 nitrogen and oxygen atoms in total. The zero-order valence-corrected chi connectivity index (χ0v) is 11.8. The van der Waals surface area contributed by atoms with Crippen LogP contribution in [-0.2, 0) is 12.2 Å². The fraction of sp³-hybridized carbons (Fsp3) is 0.500. The predicted molar refractivity (Wildman–Crippen MR) is 74.0 cm³/mol. The first kappa shape index (κ1) is 12.2. The van der Waals surface area contributed by atoms with Gasteiger partial charge in [0.15, 0.2) is 5.82 Å². The second kappa shape index (κ2) is 5.42. The molecule has 3 rings (SSSR count). The van der Waals surface area contributed by atoms with E-state index in [9.17, 15) is 0 Å². The number of nitrogens with zero attached hydrogens (tertiary/aromatic N) is 2. The van der Waals surface area contributed by atoms with Gasteiger partial charge in [-0.25, -0.2) is 0 Å². The topological polar surface area (TPSA) is 51.0 Å². The van der Waals surface area contributed by atoms with Crippen molar-refractivity contribution in [3.8, 4) is 0 Å². The molecule has 0 saturated heterocycles. The number of rotatable bonds is 4. The third kappa shape index (κ3) is 2.32. The second-order valence-electron chi connectivity index (χ2n) is 4.12. The molecule has 1 aliphatic heterocycles. The lowest BCUT2D eigenvalue weighted by atomic mass is 10.0. The van der Waals surface area contributed by atoms with Crippen LogP contribution in [-0.4, -0.2) is 22.4 Å². The van der Waals surface area contributed by atoms with Gasteiger partial charge in [-0.15, -0.1) is 11.3 Å². The minimum Gasteiger partial charge on any atom is -0.337 e. The Morgan fingerprint density at radius 3 is 3.44 bits per heavy atom. The van der Waals surface area contributed by atoms with E-state index in [2.05, 4.69) is 33.8 Å². The summed E-state index contributed by atoms with van der Waals surface area (Å²) in [5.41, 5.74) is 1.30. The average molecular weight is 281 g/mol. The molecular formula is C12H15N3OS2. The van der Waals surface area contributed by atoms with Crippen molar-refractivity contribution in [3.63, 3.8) is 0 Å². The molecule has 0 saturated carbocycles. The van der Waals surface area contributed by atoms with Crippen LogP contribution < -0.4 is 5.32 Å². The Balaban J connectivity index is 1.82. The van der Waals surface area contributed by atoms with Gasteiger partial charge in [-0.1, -0.05) is 12.1 Å². The van der Waals surface area contributed by atoms with E-state index in [-0.39, 0.29) is 6.04 Å². The van der Waals surface area contributed by atoms with Gasteiger partial charge in [0.1, 0.15) is 6.04 Å². The highest BCUT2D eigenvalue weighted by molar-refractivity contribution is 7.98. The van der Waals surface area contributed by atoms with Crippen molar-refractivity contribution in [3.05, 3.63) is 33.6 Å². The van der Waals surface area contributed by atoms with Gasteiger partial charge in [0, 0.05) is 11.4 Å². The molecular weight excluding hydrogens is 266 g/mol. The maximum atomic E-state index is 5.40. The molecule has 18 heavy (non-hydrogen) atoms. The lowest BCUT2D eigenvalue weighted by molar-refractivity contribution is 0.342. The highest BCUT2D eigenvalue weighted by Crippen LogP contribution is 2.31. The van der Waals surface area contributed by atoms with Gasteiger partial charge in [0.25, 0.3) is 0 Å². The van der Waals surface area contributed by atoms with Gasteiger partial charge >= 0.3 is 0 Å². The summed E-state index contributed by atoms with van der Waals surface area (Å²) in [5, 5.41) is 9.63. The number of fused-ring (bicyclic) bond motifs is 1. The molecule has 2 aromatic heterocycles. The van der Waals surface area contributed by atoms with Crippen LogP contribution in [0.15, 0.2) is 16.0 Å². The Labute approximate surface area is 114 Å². The minimum absolute atomic E-state index is 0.0767. The first-order chi connectivity index (χ1) is 8.88. The minimum atomic E-state index is 0.0767. The summed E-state index contributed by atoms with van der Waals surface area (Å²) in [6, 6.07) is 2.23. The molecule has 1 atom stereocenters. The molecule has 6 heteroatoms.